The van der Waals surface area contributed by atoms with Crippen LogP contribution in [0.5, 0.6) is 0 Å². The standard InChI is InChI=1S/C21H31BrN2O2/c1-2-11-24-12-4-3-8-19(24)20(25)23-16-21(9-13-26-14-10-21)17-6-5-7-18(22)15-17/h5-7,15,19H,2-4,8-14,16H2,1H3,(H,23,25). The molecule has 144 valence electrons. The third kappa shape index (κ3) is 4.68. The van der Waals surface area contributed by atoms with E-state index in [1.807, 2.05) is 0 Å². The van der Waals surface area contributed by atoms with E-state index in [1.54, 1.807) is 0 Å². The number of carbonyl (C=O) groups excluding carboxylic acids is 1. The number of halogens is 1. The zero-order chi connectivity index (χ0) is 18.4. The third-order valence-corrected chi connectivity index (χ3v) is 6.41. The largest absolute Gasteiger partial charge is 0.381 e. The zero-order valence-corrected chi connectivity index (χ0v) is 17.4. The molecule has 0 spiro atoms. The first-order valence-electron chi connectivity index (χ1n) is 10.0. The van der Waals surface area contributed by atoms with Crippen LogP contribution in [-0.4, -0.2) is 49.7 Å². The van der Waals surface area contributed by atoms with Crippen LogP contribution in [-0.2, 0) is 14.9 Å². The van der Waals surface area contributed by atoms with E-state index in [0.717, 1.165) is 62.9 Å². The highest BCUT2D eigenvalue weighted by Gasteiger charge is 2.36. The normalized spacial score (nSPS) is 23.5. The summed E-state index contributed by atoms with van der Waals surface area (Å²) < 4.78 is 6.71. The number of ether oxygens (including phenoxy) is 1. The van der Waals surface area contributed by atoms with Crippen LogP contribution < -0.4 is 5.32 Å². The molecular weight excluding hydrogens is 392 g/mol. The molecule has 26 heavy (non-hydrogen) atoms. The number of carbonyl (C=O) groups is 1. The molecule has 0 aliphatic carbocycles. The molecule has 4 nitrogen and oxygen atoms in total. The molecule has 1 atom stereocenters. The first kappa shape index (κ1) is 19.8. The number of benzene rings is 1. The lowest BCUT2D eigenvalue weighted by molar-refractivity contribution is -0.128. The van der Waals surface area contributed by atoms with Crippen molar-refractivity contribution in [2.75, 3.05) is 32.8 Å². The fraction of sp³-hybridized carbons (Fsp3) is 0.667. The lowest BCUT2D eigenvalue weighted by atomic mass is 9.74. The van der Waals surface area contributed by atoms with Gasteiger partial charge in [0.05, 0.1) is 6.04 Å². The number of nitrogens with zero attached hydrogens (tertiary/aromatic N) is 1. The number of amides is 1. The first-order chi connectivity index (χ1) is 12.6. The SMILES string of the molecule is CCCN1CCCCC1C(=O)NCC1(c2cccc(Br)c2)CCOCC1. The molecule has 1 amide bonds. The molecule has 1 aromatic carbocycles. The lowest BCUT2D eigenvalue weighted by Gasteiger charge is -2.39. The molecule has 1 N–H and O–H groups in total. The highest BCUT2D eigenvalue weighted by atomic mass is 79.9. The Labute approximate surface area is 165 Å². The first-order valence-corrected chi connectivity index (χ1v) is 10.8. The summed E-state index contributed by atoms with van der Waals surface area (Å²) in [5.41, 5.74) is 1.27. The predicted molar refractivity (Wildman–Crippen MR) is 108 cm³/mol. The maximum Gasteiger partial charge on any atom is 0.237 e. The van der Waals surface area contributed by atoms with E-state index in [4.69, 9.17) is 4.74 Å². The van der Waals surface area contributed by atoms with Crippen LogP contribution in [0.4, 0.5) is 0 Å². The Bertz CT molecular complexity index is 599. The van der Waals surface area contributed by atoms with E-state index in [9.17, 15) is 4.79 Å². The van der Waals surface area contributed by atoms with E-state index in [-0.39, 0.29) is 17.4 Å². The minimum Gasteiger partial charge on any atom is -0.381 e. The molecule has 2 fully saturated rings. The Balaban J connectivity index is 1.70. The third-order valence-electron chi connectivity index (χ3n) is 5.92. The van der Waals surface area contributed by atoms with Crippen molar-refractivity contribution in [3.05, 3.63) is 34.3 Å². The van der Waals surface area contributed by atoms with Gasteiger partial charge in [0.2, 0.25) is 5.91 Å². The Hall–Kier alpha value is -0.910. The fourth-order valence-corrected chi connectivity index (χ4v) is 4.76. The predicted octanol–water partition coefficient (Wildman–Crippen LogP) is 3.88. The van der Waals surface area contributed by atoms with Crippen LogP contribution >= 0.6 is 15.9 Å². The Kier molecular flexibility index (Phi) is 7.12. The highest BCUT2D eigenvalue weighted by molar-refractivity contribution is 9.10. The molecule has 1 unspecified atom stereocenters. The molecule has 0 saturated carbocycles. The summed E-state index contributed by atoms with van der Waals surface area (Å²) in [7, 11) is 0. The second-order valence-corrected chi connectivity index (χ2v) is 8.58. The maximum absolute atomic E-state index is 13.0. The van der Waals surface area contributed by atoms with Gasteiger partial charge >= 0.3 is 0 Å². The molecule has 3 rings (SSSR count). The highest BCUT2D eigenvalue weighted by Crippen LogP contribution is 2.35. The van der Waals surface area contributed by atoms with Crippen molar-refractivity contribution in [2.45, 2.75) is 56.9 Å². The Morgan fingerprint density at radius 2 is 2.15 bits per heavy atom. The van der Waals surface area contributed by atoms with Crippen LogP contribution in [0.1, 0.15) is 51.0 Å². The molecule has 0 aromatic heterocycles. The van der Waals surface area contributed by atoms with E-state index < -0.39 is 0 Å². The Morgan fingerprint density at radius 1 is 1.35 bits per heavy atom. The molecular formula is C21H31BrN2O2. The van der Waals surface area contributed by atoms with Gasteiger partial charge in [-0.15, -0.1) is 0 Å². The number of rotatable bonds is 6. The number of nitrogens with one attached hydrogen (secondary N) is 1. The van der Waals surface area contributed by atoms with Crippen molar-refractivity contribution in [1.82, 2.24) is 10.2 Å². The molecule has 0 bridgehead atoms. The van der Waals surface area contributed by atoms with Crippen LogP contribution in [0.3, 0.4) is 0 Å². The summed E-state index contributed by atoms with van der Waals surface area (Å²) in [6, 6.07) is 8.57. The van der Waals surface area contributed by atoms with Gasteiger partial charge in [0.25, 0.3) is 0 Å². The molecule has 5 heteroatoms. The molecule has 2 saturated heterocycles. The van der Waals surface area contributed by atoms with Crippen molar-refractivity contribution in [2.24, 2.45) is 0 Å². The summed E-state index contributed by atoms with van der Waals surface area (Å²) in [5.74, 6) is 0.207. The summed E-state index contributed by atoms with van der Waals surface area (Å²) in [6.07, 6.45) is 6.36. The van der Waals surface area contributed by atoms with Crippen molar-refractivity contribution in [3.8, 4) is 0 Å². The topological polar surface area (TPSA) is 41.6 Å². The summed E-state index contributed by atoms with van der Waals surface area (Å²) in [6.45, 7) is 6.47. The lowest BCUT2D eigenvalue weighted by Crippen LogP contribution is -2.53. The van der Waals surface area contributed by atoms with Gasteiger partial charge in [-0.2, -0.15) is 0 Å². The second-order valence-electron chi connectivity index (χ2n) is 7.67. The summed E-state index contributed by atoms with van der Waals surface area (Å²) in [5, 5.41) is 3.32. The Morgan fingerprint density at radius 3 is 2.88 bits per heavy atom. The quantitative estimate of drug-likeness (QED) is 0.755. The van der Waals surface area contributed by atoms with Crippen LogP contribution in [0, 0.1) is 0 Å². The molecule has 2 aliphatic heterocycles. The van der Waals surface area contributed by atoms with Gasteiger partial charge in [-0.1, -0.05) is 41.4 Å². The van der Waals surface area contributed by atoms with E-state index in [2.05, 4.69) is 57.3 Å². The molecule has 2 heterocycles. The van der Waals surface area contributed by atoms with E-state index in [1.165, 1.54) is 12.0 Å². The minimum atomic E-state index is -0.0259. The number of hydrogen-bond donors (Lipinski definition) is 1. The number of likely N-dealkylation sites (tertiary alicyclic amines) is 1. The molecule has 2 aliphatic rings. The van der Waals surface area contributed by atoms with Gasteiger partial charge in [0.15, 0.2) is 0 Å². The molecule has 0 radical (unpaired) electrons. The van der Waals surface area contributed by atoms with Crippen LogP contribution in [0.15, 0.2) is 28.7 Å². The monoisotopic (exact) mass is 422 g/mol. The van der Waals surface area contributed by atoms with E-state index >= 15 is 0 Å². The number of piperidine rings is 1. The second kappa shape index (κ2) is 9.34. The van der Waals surface area contributed by atoms with Gasteiger partial charge in [0, 0.05) is 29.6 Å². The van der Waals surface area contributed by atoms with Gasteiger partial charge < -0.3 is 10.1 Å². The van der Waals surface area contributed by atoms with Crippen molar-refractivity contribution < 1.29 is 9.53 Å². The van der Waals surface area contributed by atoms with E-state index in [0.29, 0.717) is 6.54 Å². The fourth-order valence-electron chi connectivity index (χ4n) is 4.36. The van der Waals surface area contributed by atoms with Crippen molar-refractivity contribution in [1.29, 1.82) is 0 Å². The summed E-state index contributed by atoms with van der Waals surface area (Å²) in [4.78, 5) is 15.3. The molecule has 1 aromatic rings. The minimum absolute atomic E-state index is 0.0259. The van der Waals surface area contributed by atoms with Crippen molar-refractivity contribution >= 4 is 21.8 Å². The maximum atomic E-state index is 13.0. The van der Waals surface area contributed by atoms with Gasteiger partial charge in [-0.3, -0.25) is 9.69 Å². The average Bonchev–Trinajstić information content (AvgIpc) is 2.67. The van der Waals surface area contributed by atoms with Crippen LogP contribution in [0.2, 0.25) is 0 Å². The van der Waals surface area contributed by atoms with Crippen molar-refractivity contribution in [3.63, 3.8) is 0 Å². The van der Waals surface area contributed by atoms with Gasteiger partial charge in [0.1, 0.15) is 0 Å². The zero-order valence-electron chi connectivity index (χ0n) is 15.8. The van der Waals surface area contributed by atoms with Gasteiger partial charge in [-0.05, 0) is 62.9 Å². The van der Waals surface area contributed by atoms with Crippen LogP contribution in [0.25, 0.3) is 0 Å². The summed E-state index contributed by atoms with van der Waals surface area (Å²) >= 11 is 3.60. The smallest absolute Gasteiger partial charge is 0.237 e. The average molecular weight is 423 g/mol. The van der Waals surface area contributed by atoms with Gasteiger partial charge in [-0.25, -0.2) is 0 Å². The number of hydrogen-bond acceptors (Lipinski definition) is 3.